The third-order valence-electron chi connectivity index (χ3n) is 4.11. The molecule has 0 aromatic heterocycles. The second-order valence-electron chi connectivity index (χ2n) is 5.86. The largest absolute Gasteiger partial charge is 0.324 e. The van der Waals surface area contributed by atoms with Gasteiger partial charge in [0.1, 0.15) is 6.54 Å². The van der Waals surface area contributed by atoms with Gasteiger partial charge in [-0.2, -0.15) is 0 Å². The molecule has 0 spiro atoms. The van der Waals surface area contributed by atoms with Crippen LogP contribution >= 0.6 is 11.6 Å². The van der Waals surface area contributed by atoms with E-state index in [-0.39, 0.29) is 24.4 Å². The molecular formula is C19H19ClN2O2. The zero-order valence-corrected chi connectivity index (χ0v) is 14.2. The quantitative estimate of drug-likeness (QED) is 0.916. The molecule has 1 atom stereocenters. The van der Waals surface area contributed by atoms with Crippen molar-refractivity contribution in [1.29, 1.82) is 0 Å². The third-order valence-corrected chi connectivity index (χ3v) is 4.34. The molecule has 0 bridgehead atoms. The van der Waals surface area contributed by atoms with E-state index in [1.54, 1.807) is 17.0 Å². The van der Waals surface area contributed by atoms with Crippen molar-refractivity contribution in [2.45, 2.75) is 25.8 Å². The zero-order chi connectivity index (χ0) is 17.1. The number of rotatable bonds is 3. The summed E-state index contributed by atoms with van der Waals surface area (Å²) >= 11 is 6.19. The van der Waals surface area contributed by atoms with Gasteiger partial charge >= 0.3 is 0 Å². The van der Waals surface area contributed by atoms with E-state index in [9.17, 15) is 9.59 Å². The van der Waals surface area contributed by atoms with Gasteiger partial charge in [0.05, 0.1) is 6.04 Å². The van der Waals surface area contributed by atoms with Gasteiger partial charge in [-0.05, 0) is 30.2 Å². The minimum atomic E-state index is -0.335. The fourth-order valence-electron chi connectivity index (χ4n) is 3.06. The Morgan fingerprint density at radius 3 is 2.71 bits per heavy atom. The van der Waals surface area contributed by atoms with Gasteiger partial charge in [0.25, 0.3) is 0 Å². The summed E-state index contributed by atoms with van der Waals surface area (Å²) in [6, 6.07) is 14.8. The van der Waals surface area contributed by atoms with Crippen LogP contribution in [0.15, 0.2) is 48.5 Å². The number of hydrogen-bond donors (Lipinski definition) is 1. The van der Waals surface area contributed by atoms with Crippen LogP contribution in [0.3, 0.4) is 0 Å². The Balaban J connectivity index is 2.17. The van der Waals surface area contributed by atoms with E-state index >= 15 is 0 Å². The van der Waals surface area contributed by atoms with Crippen LogP contribution in [0.4, 0.5) is 5.69 Å². The summed E-state index contributed by atoms with van der Waals surface area (Å²) in [5, 5.41) is 3.46. The van der Waals surface area contributed by atoms with Crippen LogP contribution in [0.5, 0.6) is 0 Å². The lowest BCUT2D eigenvalue weighted by atomic mass is 9.95. The number of fused-ring (bicyclic) bond motifs is 1. The number of amides is 2. The molecule has 0 unspecified atom stereocenters. The third kappa shape index (κ3) is 3.29. The van der Waals surface area contributed by atoms with E-state index in [4.69, 9.17) is 11.6 Å². The molecule has 5 heteroatoms. The second-order valence-corrected chi connectivity index (χ2v) is 6.30. The first-order valence-electron chi connectivity index (χ1n) is 8.04. The van der Waals surface area contributed by atoms with Gasteiger partial charge in [0, 0.05) is 22.7 Å². The predicted octanol–water partition coefficient (Wildman–Crippen LogP) is 4.01. The van der Waals surface area contributed by atoms with Crippen molar-refractivity contribution in [1.82, 2.24) is 4.90 Å². The molecule has 1 heterocycles. The summed E-state index contributed by atoms with van der Waals surface area (Å²) in [4.78, 5) is 26.6. The molecule has 24 heavy (non-hydrogen) atoms. The second kappa shape index (κ2) is 7.05. The van der Waals surface area contributed by atoms with Gasteiger partial charge in [0.15, 0.2) is 0 Å². The Morgan fingerprint density at radius 2 is 2.00 bits per heavy atom. The standard InChI is InChI=1S/C19H19ClN2O2/c1-2-6-18(24)22-12-17(23)21-16-10-9-14(20)11-15(16)19(22)13-7-4-3-5-8-13/h3-5,7-11,19H,2,6,12H2,1H3,(H,21,23)/t19-/m1/s1. The van der Waals surface area contributed by atoms with Crippen LogP contribution in [0.25, 0.3) is 0 Å². The summed E-state index contributed by atoms with van der Waals surface area (Å²) in [6.07, 6.45) is 1.15. The molecule has 1 aliphatic heterocycles. The van der Waals surface area contributed by atoms with Crippen LogP contribution in [0.2, 0.25) is 5.02 Å². The molecule has 0 radical (unpaired) electrons. The maximum absolute atomic E-state index is 12.7. The monoisotopic (exact) mass is 342 g/mol. The lowest BCUT2D eigenvalue weighted by Crippen LogP contribution is -2.38. The van der Waals surface area contributed by atoms with Crippen molar-refractivity contribution in [2.75, 3.05) is 11.9 Å². The normalized spacial score (nSPS) is 17.0. The highest BCUT2D eigenvalue weighted by Crippen LogP contribution is 2.37. The number of anilines is 1. The van der Waals surface area contributed by atoms with Crippen molar-refractivity contribution in [3.63, 3.8) is 0 Å². The molecule has 0 saturated heterocycles. The number of nitrogens with one attached hydrogen (secondary N) is 1. The minimum Gasteiger partial charge on any atom is -0.324 e. The Morgan fingerprint density at radius 1 is 1.25 bits per heavy atom. The van der Waals surface area contributed by atoms with Gasteiger partial charge in [-0.1, -0.05) is 48.9 Å². The highest BCUT2D eigenvalue weighted by molar-refractivity contribution is 6.30. The SMILES string of the molecule is CCCC(=O)N1CC(=O)Nc2ccc(Cl)cc2[C@H]1c1ccccc1. The molecule has 1 aliphatic rings. The smallest absolute Gasteiger partial charge is 0.244 e. The van der Waals surface area contributed by atoms with Crippen LogP contribution in [-0.4, -0.2) is 23.3 Å². The van der Waals surface area contributed by atoms with E-state index in [1.165, 1.54) is 0 Å². The lowest BCUT2D eigenvalue weighted by molar-refractivity contribution is -0.136. The zero-order valence-electron chi connectivity index (χ0n) is 13.5. The highest BCUT2D eigenvalue weighted by Gasteiger charge is 2.32. The summed E-state index contributed by atoms with van der Waals surface area (Å²) in [5.74, 6) is -0.226. The van der Waals surface area contributed by atoms with Gasteiger partial charge in [0.2, 0.25) is 11.8 Å². The number of nitrogens with zero attached hydrogens (tertiary/aromatic N) is 1. The molecule has 124 valence electrons. The maximum atomic E-state index is 12.7. The number of carbonyl (C=O) groups excluding carboxylic acids is 2. The first-order chi connectivity index (χ1) is 11.6. The summed E-state index contributed by atoms with van der Waals surface area (Å²) in [5.41, 5.74) is 2.50. The van der Waals surface area contributed by atoms with Gasteiger partial charge in [-0.15, -0.1) is 0 Å². The molecule has 2 amide bonds. The number of benzene rings is 2. The molecule has 4 nitrogen and oxygen atoms in total. The summed E-state index contributed by atoms with van der Waals surface area (Å²) in [6.45, 7) is 1.99. The van der Waals surface area contributed by atoms with E-state index in [0.717, 1.165) is 17.5 Å². The number of carbonyl (C=O) groups is 2. The van der Waals surface area contributed by atoms with Crippen LogP contribution in [0.1, 0.15) is 36.9 Å². The predicted molar refractivity (Wildman–Crippen MR) is 95.0 cm³/mol. The average Bonchev–Trinajstić information content (AvgIpc) is 2.71. The van der Waals surface area contributed by atoms with Crippen LogP contribution < -0.4 is 5.32 Å². The van der Waals surface area contributed by atoms with E-state index in [0.29, 0.717) is 17.1 Å². The summed E-state index contributed by atoms with van der Waals surface area (Å²) < 4.78 is 0. The topological polar surface area (TPSA) is 49.4 Å². The molecular weight excluding hydrogens is 324 g/mol. The lowest BCUT2D eigenvalue weighted by Gasteiger charge is -2.30. The van der Waals surface area contributed by atoms with Crippen LogP contribution in [-0.2, 0) is 9.59 Å². The molecule has 1 N–H and O–H groups in total. The van der Waals surface area contributed by atoms with Gasteiger partial charge in [-0.3, -0.25) is 9.59 Å². The first kappa shape index (κ1) is 16.5. The van der Waals surface area contributed by atoms with Crippen molar-refractivity contribution in [3.05, 3.63) is 64.7 Å². The average molecular weight is 343 g/mol. The molecule has 2 aromatic carbocycles. The van der Waals surface area contributed by atoms with Crippen LogP contribution in [0, 0.1) is 0 Å². The fourth-order valence-corrected chi connectivity index (χ4v) is 3.24. The Bertz CT molecular complexity index is 761. The first-order valence-corrected chi connectivity index (χ1v) is 8.41. The minimum absolute atomic E-state index is 0.0324. The van der Waals surface area contributed by atoms with Crippen molar-refractivity contribution in [3.8, 4) is 0 Å². The number of halogens is 1. The maximum Gasteiger partial charge on any atom is 0.244 e. The van der Waals surface area contributed by atoms with E-state index in [2.05, 4.69) is 5.32 Å². The number of hydrogen-bond acceptors (Lipinski definition) is 2. The van der Waals surface area contributed by atoms with Crippen molar-refractivity contribution < 1.29 is 9.59 Å². The molecule has 0 saturated carbocycles. The molecule has 0 fully saturated rings. The fraction of sp³-hybridized carbons (Fsp3) is 0.263. The Kier molecular flexibility index (Phi) is 4.86. The highest BCUT2D eigenvalue weighted by atomic mass is 35.5. The van der Waals surface area contributed by atoms with E-state index < -0.39 is 0 Å². The summed E-state index contributed by atoms with van der Waals surface area (Å²) in [7, 11) is 0. The van der Waals surface area contributed by atoms with E-state index in [1.807, 2.05) is 43.3 Å². The Labute approximate surface area is 146 Å². The molecule has 0 aliphatic carbocycles. The Hall–Kier alpha value is -2.33. The molecule has 3 rings (SSSR count). The van der Waals surface area contributed by atoms with Gasteiger partial charge in [-0.25, -0.2) is 0 Å². The van der Waals surface area contributed by atoms with Gasteiger partial charge < -0.3 is 10.2 Å². The van der Waals surface area contributed by atoms with Crippen molar-refractivity contribution in [2.24, 2.45) is 0 Å². The molecule has 2 aromatic rings. The van der Waals surface area contributed by atoms with Crippen molar-refractivity contribution >= 4 is 29.1 Å².